The number of nitrogens with one attached hydrogen (secondary N) is 2. The van der Waals surface area contributed by atoms with E-state index in [-0.39, 0.29) is 29.9 Å². The van der Waals surface area contributed by atoms with Crippen LogP contribution in [-0.4, -0.2) is 46.7 Å². The fourth-order valence-corrected chi connectivity index (χ4v) is 3.42. The molecule has 0 aliphatic heterocycles. The third-order valence-corrected chi connectivity index (χ3v) is 5.41. The summed E-state index contributed by atoms with van der Waals surface area (Å²) in [6, 6.07) is 4.27. The van der Waals surface area contributed by atoms with Gasteiger partial charge in [0.05, 0.1) is 24.7 Å². The van der Waals surface area contributed by atoms with Gasteiger partial charge < -0.3 is 20.5 Å². The van der Waals surface area contributed by atoms with Crippen molar-refractivity contribution in [3.8, 4) is 11.5 Å². The zero-order valence-electron chi connectivity index (χ0n) is 15.6. The molecule has 0 spiro atoms. The predicted molar refractivity (Wildman–Crippen MR) is 105 cm³/mol. The van der Waals surface area contributed by atoms with Gasteiger partial charge in [0.2, 0.25) is 15.9 Å². The number of nitrogens with two attached hydrogens (primary N) is 1. The molecule has 10 heteroatoms. The van der Waals surface area contributed by atoms with Crippen molar-refractivity contribution in [1.82, 2.24) is 10.0 Å². The predicted octanol–water partition coefficient (Wildman–Crippen LogP) is 1.04. The van der Waals surface area contributed by atoms with E-state index in [4.69, 9.17) is 15.2 Å². The second-order valence-electron chi connectivity index (χ2n) is 6.10. The lowest BCUT2D eigenvalue weighted by Gasteiger charge is -2.14. The van der Waals surface area contributed by atoms with Crippen LogP contribution in [0.4, 0.5) is 0 Å². The van der Waals surface area contributed by atoms with Crippen molar-refractivity contribution in [2.45, 2.75) is 37.6 Å². The van der Waals surface area contributed by atoms with E-state index in [2.05, 4.69) is 10.0 Å². The Balaban J connectivity index is 0.00000364. The summed E-state index contributed by atoms with van der Waals surface area (Å²) in [5, 5.41) is 2.65. The van der Waals surface area contributed by atoms with Crippen LogP contribution in [0.25, 0.3) is 0 Å². The van der Waals surface area contributed by atoms with Crippen molar-refractivity contribution in [2.75, 3.05) is 26.3 Å². The Morgan fingerprint density at radius 2 is 1.85 bits per heavy atom. The van der Waals surface area contributed by atoms with Gasteiger partial charge >= 0.3 is 0 Å². The van der Waals surface area contributed by atoms with E-state index in [1.165, 1.54) is 18.2 Å². The van der Waals surface area contributed by atoms with Crippen LogP contribution in [0.3, 0.4) is 0 Å². The molecule has 154 valence electrons. The number of carbonyl (C=O) groups is 1. The Hall–Kier alpha value is -1.55. The summed E-state index contributed by atoms with van der Waals surface area (Å²) in [4.78, 5) is 11.8. The lowest BCUT2D eigenvalue weighted by atomic mass is 10.2. The van der Waals surface area contributed by atoms with Crippen molar-refractivity contribution < 1.29 is 22.7 Å². The van der Waals surface area contributed by atoms with Gasteiger partial charge in [0.15, 0.2) is 11.5 Å². The lowest BCUT2D eigenvalue weighted by molar-refractivity contribution is -0.120. The number of halogens is 1. The van der Waals surface area contributed by atoms with Gasteiger partial charge in [-0.25, -0.2) is 13.1 Å². The standard InChI is InChI=1S/C17H27N3O5S.ClH/c1-3-24-15-8-7-13(9-16(15)25-4-2)26(22,23)20-11-17(21)19-10-14(18)12-5-6-12;/h7-9,12,14,20H,3-6,10-11,18H2,1-2H3,(H,19,21);1H. The molecule has 1 atom stereocenters. The number of carbonyl (C=O) groups excluding carboxylic acids is 1. The second-order valence-corrected chi connectivity index (χ2v) is 7.87. The van der Waals surface area contributed by atoms with Crippen LogP contribution >= 0.6 is 12.4 Å². The molecule has 0 bridgehead atoms. The van der Waals surface area contributed by atoms with E-state index in [1.54, 1.807) is 6.92 Å². The highest BCUT2D eigenvalue weighted by molar-refractivity contribution is 7.89. The van der Waals surface area contributed by atoms with Gasteiger partial charge in [-0.2, -0.15) is 0 Å². The summed E-state index contributed by atoms with van der Waals surface area (Å²) in [7, 11) is -3.85. The Kier molecular flexibility index (Phi) is 9.31. The van der Waals surface area contributed by atoms with E-state index in [9.17, 15) is 13.2 Å². The van der Waals surface area contributed by atoms with Crippen LogP contribution < -0.4 is 25.2 Å². The van der Waals surface area contributed by atoms with Crippen LogP contribution in [0.15, 0.2) is 23.1 Å². The van der Waals surface area contributed by atoms with Gasteiger partial charge in [-0.3, -0.25) is 4.79 Å². The van der Waals surface area contributed by atoms with Crippen LogP contribution in [0, 0.1) is 5.92 Å². The van der Waals surface area contributed by atoms with Crippen LogP contribution in [-0.2, 0) is 14.8 Å². The average molecular weight is 422 g/mol. The topological polar surface area (TPSA) is 120 Å². The molecule has 0 aromatic heterocycles. The van der Waals surface area contributed by atoms with E-state index in [0.717, 1.165) is 12.8 Å². The molecule has 1 saturated carbocycles. The molecular formula is C17H28ClN3O5S. The molecule has 0 saturated heterocycles. The van der Waals surface area contributed by atoms with Gasteiger partial charge in [0.1, 0.15) is 0 Å². The zero-order valence-corrected chi connectivity index (χ0v) is 17.2. The first-order valence-electron chi connectivity index (χ1n) is 8.79. The average Bonchev–Trinajstić information content (AvgIpc) is 3.45. The number of sulfonamides is 1. The monoisotopic (exact) mass is 421 g/mol. The summed E-state index contributed by atoms with van der Waals surface area (Å²) in [6.45, 7) is 4.44. The van der Waals surface area contributed by atoms with Gasteiger partial charge in [-0.05, 0) is 44.7 Å². The van der Waals surface area contributed by atoms with Crippen LogP contribution in [0.1, 0.15) is 26.7 Å². The van der Waals surface area contributed by atoms with E-state index < -0.39 is 15.9 Å². The maximum absolute atomic E-state index is 12.4. The van der Waals surface area contributed by atoms with E-state index in [0.29, 0.717) is 37.2 Å². The molecule has 27 heavy (non-hydrogen) atoms. The lowest BCUT2D eigenvalue weighted by Crippen LogP contribution is -2.43. The Bertz CT molecular complexity index is 725. The molecule has 0 radical (unpaired) electrons. The second kappa shape index (κ2) is 10.7. The largest absolute Gasteiger partial charge is 0.490 e. The third-order valence-electron chi connectivity index (χ3n) is 4.01. The molecule has 1 aromatic rings. The maximum atomic E-state index is 12.4. The molecule has 1 amide bonds. The van der Waals surface area contributed by atoms with Crippen molar-refractivity contribution in [1.29, 1.82) is 0 Å². The minimum absolute atomic E-state index is 0. The zero-order chi connectivity index (χ0) is 19.2. The number of hydrogen-bond donors (Lipinski definition) is 3. The highest BCUT2D eigenvalue weighted by Crippen LogP contribution is 2.31. The number of benzene rings is 1. The third kappa shape index (κ3) is 7.17. The molecule has 4 N–H and O–H groups in total. The van der Waals surface area contributed by atoms with Crippen molar-refractivity contribution in [3.63, 3.8) is 0 Å². The smallest absolute Gasteiger partial charge is 0.241 e. The Morgan fingerprint density at radius 1 is 1.22 bits per heavy atom. The first-order valence-corrected chi connectivity index (χ1v) is 10.3. The number of rotatable bonds is 11. The minimum Gasteiger partial charge on any atom is -0.490 e. The maximum Gasteiger partial charge on any atom is 0.241 e. The number of hydrogen-bond acceptors (Lipinski definition) is 6. The van der Waals surface area contributed by atoms with Gasteiger partial charge in [0, 0.05) is 18.7 Å². The normalized spacial score (nSPS) is 14.8. The van der Waals surface area contributed by atoms with Gasteiger partial charge in [-0.15, -0.1) is 12.4 Å². The molecule has 1 aromatic carbocycles. The SMILES string of the molecule is CCOc1ccc(S(=O)(=O)NCC(=O)NCC(N)C2CC2)cc1OCC.Cl. The van der Waals surface area contributed by atoms with E-state index >= 15 is 0 Å². The molecule has 0 heterocycles. The molecule has 1 aliphatic carbocycles. The van der Waals surface area contributed by atoms with Gasteiger partial charge in [0.25, 0.3) is 0 Å². The first kappa shape index (κ1) is 23.5. The minimum atomic E-state index is -3.85. The highest BCUT2D eigenvalue weighted by atomic mass is 35.5. The molecule has 8 nitrogen and oxygen atoms in total. The molecule has 1 aliphatic rings. The van der Waals surface area contributed by atoms with E-state index in [1.807, 2.05) is 6.92 Å². The van der Waals surface area contributed by atoms with Crippen LogP contribution in [0.2, 0.25) is 0 Å². The fraction of sp³-hybridized carbons (Fsp3) is 0.588. The van der Waals surface area contributed by atoms with Crippen molar-refractivity contribution >= 4 is 28.3 Å². The summed E-state index contributed by atoms with van der Waals surface area (Å²) < 4.78 is 38.0. The fourth-order valence-electron chi connectivity index (χ4n) is 2.43. The van der Waals surface area contributed by atoms with Crippen molar-refractivity contribution in [3.05, 3.63) is 18.2 Å². The highest BCUT2D eigenvalue weighted by Gasteiger charge is 2.28. The molecule has 2 rings (SSSR count). The van der Waals surface area contributed by atoms with Crippen molar-refractivity contribution in [2.24, 2.45) is 11.7 Å². The number of amides is 1. The van der Waals surface area contributed by atoms with Gasteiger partial charge in [-0.1, -0.05) is 0 Å². The molecule has 1 unspecified atom stereocenters. The summed E-state index contributed by atoms with van der Waals surface area (Å²) >= 11 is 0. The Morgan fingerprint density at radius 3 is 2.44 bits per heavy atom. The first-order chi connectivity index (χ1) is 12.4. The quantitative estimate of drug-likeness (QED) is 0.491. The molecular weight excluding hydrogens is 394 g/mol. The number of ether oxygens (including phenoxy) is 2. The summed E-state index contributed by atoms with van der Waals surface area (Å²) in [6.07, 6.45) is 2.17. The summed E-state index contributed by atoms with van der Waals surface area (Å²) in [5.74, 6) is 0.866. The summed E-state index contributed by atoms with van der Waals surface area (Å²) in [5.41, 5.74) is 5.91. The molecule has 1 fully saturated rings. The Labute approximate surface area is 166 Å². The van der Waals surface area contributed by atoms with Crippen LogP contribution in [0.5, 0.6) is 11.5 Å².